The lowest BCUT2D eigenvalue weighted by atomic mass is 9.91. The van der Waals surface area contributed by atoms with Crippen LogP contribution in [0.4, 0.5) is 4.79 Å². The van der Waals surface area contributed by atoms with Gasteiger partial charge in [0.05, 0.1) is 0 Å². The number of allylic oxidation sites excluding steroid dienone is 2. The minimum atomic E-state index is -1.26. The van der Waals surface area contributed by atoms with E-state index in [4.69, 9.17) is 9.47 Å². The molecule has 1 atom stereocenters. The summed E-state index contributed by atoms with van der Waals surface area (Å²) in [4.78, 5) is 41.3. The van der Waals surface area contributed by atoms with Gasteiger partial charge in [-0.3, -0.25) is 14.5 Å². The van der Waals surface area contributed by atoms with Crippen LogP contribution in [0.1, 0.15) is 45.1 Å². The molecule has 2 heterocycles. The number of benzene rings is 1. The molecular formula is C21H25N3O5. The highest BCUT2D eigenvalue weighted by molar-refractivity contribution is 6.09. The van der Waals surface area contributed by atoms with Gasteiger partial charge in [-0.15, -0.1) is 0 Å². The van der Waals surface area contributed by atoms with Crippen molar-refractivity contribution < 1.29 is 23.9 Å². The molecule has 0 saturated carbocycles. The van der Waals surface area contributed by atoms with Gasteiger partial charge in [-0.25, -0.2) is 4.79 Å². The van der Waals surface area contributed by atoms with Crippen LogP contribution in [-0.4, -0.2) is 47.5 Å². The van der Waals surface area contributed by atoms with E-state index >= 15 is 0 Å². The Balaban J connectivity index is 1.53. The zero-order valence-corrected chi connectivity index (χ0v) is 16.7. The maximum atomic E-state index is 13.1. The lowest BCUT2D eigenvalue weighted by Crippen LogP contribution is -2.44. The van der Waals surface area contributed by atoms with E-state index in [2.05, 4.69) is 11.4 Å². The number of urea groups is 1. The first kappa shape index (κ1) is 19.3. The topological polar surface area (TPSA) is 88.2 Å². The summed E-state index contributed by atoms with van der Waals surface area (Å²) < 4.78 is 10.7. The van der Waals surface area contributed by atoms with Crippen LogP contribution in [0.25, 0.3) is 0 Å². The zero-order valence-electron chi connectivity index (χ0n) is 16.7. The third kappa shape index (κ3) is 3.32. The van der Waals surface area contributed by atoms with E-state index in [1.54, 1.807) is 30.0 Å². The predicted molar refractivity (Wildman–Crippen MR) is 104 cm³/mol. The van der Waals surface area contributed by atoms with Crippen molar-refractivity contribution in [3.8, 4) is 11.5 Å². The van der Waals surface area contributed by atoms with Gasteiger partial charge in [-0.1, -0.05) is 12.1 Å². The third-order valence-electron chi connectivity index (χ3n) is 5.75. The molecule has 0 radical (unpaired) electrons. The van der Waals surface area contributed by atoms with Gasteiger partial charge in [-0.2, -0.15) is 0 Å². The normalized spacial score (nSPS) is 23.1. The van der Waals surface area contributed by atoms with Crippen LogP contribution >= 0.6 is 0 Å². The van der Waals surface area contributed by atoms with Gasteiger partial charge in [-0.05, 0) is 57.2 Å². The second-order valence-electron chi connectivity index (χ2n) is 7.59. The lowest BCUT2D eigenvalue weighted by Gasteiger charge is -2.28. The van der Waals surface area contributed by atoms with E-state index in [1.807, 2.05) is 6.92 Å². The zero-order chi connectivity index (χ0) is 20.6. The molecule has 4 amide bonds. The average Bonchev–Trinajstić information content (AvgIpc) is 3.28. The summed E-state index contributed by atoms with van der Waals surface area (Å²) in [7, 11) is 0. The first-order valence-electron chi connectivity index (χ1n) is 9.97. The van der Waals surface area contributed by atoms with Crippen molar-refractivity contribution in [3.05, 3.63) is 35.5 Å². The van der Waals surface area contributed by atoms with E-state index in [1.165, 1.54) is 0 Å². The van der Waals surface area contributed by atoms with E-state index in [-0.39, 0.29) is 19.2 Å². The molecule has 0 spiro atoms. The fourth-order valence-corrected chi connectivity index (χ4v) is 4.07. The van der Waals surface area contributed by atoms with E-state index in [0.717, 1.165) is 36.3 Å². The molecule has 1 fully saturated rings. The smallest absolute Gasteiger partial charge is 0.325 e. The highest BCUT2D eigenvalue weighted by Crippen LogP contribution is 2.37. The Morgan fingerprint density at radius 1 is 1.24 bits per heavy atom. The standard InChI is InChI=1S/C21H25N3O5/c1-3-23(15-7-5-4-6-8-15)18(25)12-24-19(26)21(2,22-20(24)27)14-9-10-16-17(11-14)29-13-28-16/h7,9-11H,3-6,8,12-13H2,1-2H3,(H,22,27)/t21-/m0/s1. The van der Waals surface area contributed by atoms with Crippen LogP contribution in [0.2, 0.25) is 0 Å². The Labute approximate surface area is 169 Å². The highest BCUT2D eigenvalue weighted by Gasteiger charge is 2.50. The lowest BCUT2D eigenvalue weighted by molar-refractivity contribution is -0.138. The molecule has 0 aromatic heterocycles. The van der Waals surface area contributed by atoms with E-state index in [0.29, 0.717) is 23.6 Å². The molecule has 1 aliphatic carbocycles. The Bertz CT molecular complexity index is 896. The van der Waals surface area contributed by atoms with Gasteiger partial charge in [0, 0.05) is 12.2 Å². The highest BCUT2D eigenvalue weighted by atomic mass is 16.7. The molecule has 1 aromatic carbocycles. The van der Waals surface area contributed by atoms with E-state index in [9.17, 15) is 14.4 Å². The van der Waals surface area contributed by atoms with Crippen molar-refractivity contribution in [2.75, 3.05) is 19.9 Å². The molecule has 3 aliphatic rings. The van der Waals surface area contributed by atoms with Gasteiger partial charge in [0.1, 0.15) is 12.1 Å². The molecule has 2 aliphatic heterocycles. The average molecular weight is 399 g/mol. The van der Waals surface area contributed by atoms with Crippen molar-refractivity contribution in [1.82, 2.24) is 15.1 Å². The summed E-state index contributed by atoms with van der Waals surface area (Å²) in [6, 6.07) is 4.56. The quantitative estimate of drug-likeness (QED) is 0.769. The van der Waals surface area contributed by atoms with Gasteiger partial charge < -0.3 is 19.7 Å². The Kier molecular flexibility index (Phi) is 4.94. The molecule has 8 heteroatoms. The van der Waals surface area contributed by atoms with E-state index < -0.39 is 17.5 Å². The minimum Gasteiger partial charge on any atom is -0.454 e. The van der Waals surface area contributed by atoms with Crippen molar-refractivity contribution in [2.24, 2.45) is 0 Å². The third-order valence-corrected chi connectivity index (χ3v) is 5.75. The monoisotopic (exact) mass is 399 g/mol. The largest absolute Gasteiger partial charge is 0.454 e. The second kappa shape index (κ2) is 7.42. The van der Waals surface area contributed by atoms with Gasteiger partial charge in [0.25, 0.3) is 5.91 Å². The Morgan fingerprint density at radius 2 is 2.03 bits per heavy atom. The Morgan fingerprint density at radius 3 is 2.76 bits per heavy atom. The minimum absolute atomic E-state index is 0.124. The maximum Gasteiger partial charge on any atom is 0.325 e. The first-order chi connectivity index (χ1) is 13.9. The number of hydrogen-bond donors (Lipinski definition) is 1. The molecular weight excluding hydrogens is 374 g/mol. The summed E-state index contributed by atoms with van der Waals surface area (Å²) in [5.41, 5.74) is 0.297. The number of carbonyl (C=O) groups is 3. The fourth-order valence-electron chi connectivity index (χ4n) is 4.07. The first-order valence-corrected chi connectivity index (χ1v) is 9.97. The molecule has 4 rings (SSSR count). The number of fused-ring (bicyclic) bond motifs is 1. The number of likely N-dealkylation sites (N-methyl/N-ethyl adjacent to an activating group) is 1. The van der Waals surface area contributed by atoms with Crippen molar-refractivity contribution in [2.45, 2.75) is 45.1 Å². The van der Waals surface area contributed by atoms with Crippen molar-refractivity contribution in [1.29, 1.82) is 0 Å². The number of carbonyl (C=O) groups excluding carboxylic acids is 3. The molecule has 154 valence electrons. The van der Waals surface area contributed by atoms with Crippen LogP contribution < -0.4 is 14.8 Å². The molecule has 0 bridgehead atoms. The number of imide groups is 1. The fraction of sp³-hybridized carbons (Fsp3) is 0.476. The van der Waals surface area contributed by atoms with Crippen LogP contribution in [0, 0.1) is 0 Å². The number of ether oxygens (including phenoxy) is 2. The summed E-state index contributed by atoms with van der Waals surface area (Å²) in [5.74, 6) is 0.421. The van der Waals surface area contributed by atoms with Crippen LogP contribution in [-0.2, 0) is 15.1 Å². The second-order valence-corrected chi connectivity index (χ2v) is 7.59. The van der Waals surface area contributed by atoms with Gasteiger partial charge in [0.15, 0.2) is 11.5 Å². The molecule has 0 unspecified atom stereocenters. The summed E-state index contributed by atoms with van der Waals surface area (Å²) in [6.45, 7) is 3.88. The molecule has 8 nitrogen and oxygen atoms in total. The summed E-state index contributed by atoms with van der Waals surface area (Å²) in [6.07, 6.45) is 6.03. The van der Waals surface area contributed by atoms with Gasteiger partial charge >= 0.3 is 6.03 Å². The van der Waals surface area contributed by atoms with Crippen molar-refractivity contribution >= 4 is 17.8 Å². The number of amides is 4. The molecule has 1 N–H and O–H groups in total. The number of nitrogens with one attached hydrogen (secondary N) is 1. The Hall–Kier alpha value is -3.03. The van der Waals surface area contributed by atoms with Crippen molar-refractivity contribution in [3.63, 3.8) is 0 Å². The number of hydrogen-bond acceptors (Lipinski definition) is 5. The molecule has 1 aromatic rings. The van der Waals surface area contributed by atoms with Gasteiger partial charge in [0.2, 0.25) is 12.7 Å². The molecule has 1 saturated heterocycles. The summed E-state index contributed by atoms with van der Waals surface area (Å²) >= 11 is 0. The predicted octanol–water partition coefficient (Wildman–Crippen LogP) is 2.49. The number of rotatable bonds is 5. The maximum absolute atomic E-state index is 13.1. The number of nitrogens with zero attached hydrogens (tertiary/aromatic N) is 2. The summed E-state index contributed by atoms with van der Waals surface area (Å²) in [5, 5.41) is 2.74. The van der Waals surface area contributed by atoms with Crippen LogP contribution in [0.3, 0.4) is 0 Å². The van der Waals surface area contributed by atoms with Crippen LogP contribution in [0.5, 0.6) is 11.5 Å². The van der Waals surface area contributed by atoms with Crippen LogP contribution in [0.15, 0.2) is 30.0 Å². The SMILES string of the molecule is CCN(C(=O)CN1C(=O)N[C@@](C)(c2ccc3c(c2)OCO3)C1=O)C1=CCCCC1. The molecule has 29 heavy (non-hydrogen) atoms.